The van der Waals surface area contributed by atoms with Crippen LogP contribution in [0.5, 0.6) is 0 Å². The minimum Gasteiger partial charge on any atom is -0.372 e. The van der Waals surface area contributed by atoms with Crippen LogP contribution < -0.4 is 5.32 Å². The topological polar surface area (TPSA) is 49.3 Å². The van der Waals surface area contributed by atoms with Crippen molar-refractivity contribution < 1.29 is 9.90 Å². The zero-order valence-corrected chi connectivity index (χ0v) is 13.0. The van der Waals surface area contributed by atoms with Crippen molar-refractivity contribution in [3.63, 3.8) is 0 Å². The second kappa shape index (κ2) is 6.80. The first kappa shape index (κ1) is 15.5. The molecule has 1 amide bonds. The molecule has 1 aliphatic rings. The summed E-state index contributed by atoms with van der Waals surface area (Å²) in [6, 6.07) is 18.3. The van der Waals surface area contributed by atoms with Crippen LogP contribution in [0.1, 0.15) is 30.4 Å². The quantitative estimate of drug-likeness (QED) is 0.853. The largest absolute Gasteiger partial charge is 0.372 e. The van der Waals surface area contributed by atoms with Gasteiger partial charge in [0.15, 0.2) is 5.60 Å². The van der Waals surface area contributed by atoms with Gasteiger partial charge in [0.1, 0.15) is 0 Å². The van der Waals surface area contributed by atoms with E-state index in [4.69, 9.17) is 0 Å². The number of nitrogens with one attached hydrogen (secondary N) is 1. The van der Waals surface area contributed by atoms with E-state index in [-0.39, 0.29) is 11.9 Å². The lowest BCUT2D eigenvalue weighted by molar-refractivity contribution is -0.137. The van der Waals surface area contributed by atoms with E-state index in [9.17, 15) is 9.90 Å². The zero-order valence-electron chi connectivity index (χ0n) is 13.0. The maximum atomic E-state index is 12.9. The molecule has 0 heterocycles. The molecular weight excluding hydrogens is 286 g/mol. The third kappa shape index (κ3) is 3.20. The number of rotatable bonds is 4. The van der Waals surface area contributed by atoms with Gasteiger partial charge in [0.2, 0.25) is 0 Å². The van der Waals surface area contributed by atoms with Gasteiger partial charge < -0.3 is 10.4 Å². The molecule has 0 spiro atoms. The van der Waals surface area contributed by atoms with Crippen molar-refractivity contribution in [2.45, 2.75) is 30.9 Å². The van der Waals surface area contributed by atoms with Crippen LogP contribution in [0, 0.1) is 0 Å². The molecule has 2 N–H and O–H groups in total. The molecule has 3 heteroatoms. The lowest BCUT2D eigenvalue weighted by Crippen LogP contribution is -2.49. The molecule has 3 nitrogen and oxygen atoms in total. The first-order valence-corrected chi connectivity index (χ1v) is 8.00. The fourth-order valence-corrected chi connectivity index (χ4v) is 3.00. The summed E-state index contributed by atoms with van der Waals surface area (Å²) >= 11 is 0. The van der Waals surface area contributed by atoms with Gasteiger partial charge in [0.05, 0.1) is 0 Å². The van der Waals surface area contributed by atoms with Gasteiger partial charge in [-0.2, -0.15) is 0 Å². The molecule has 1 atom stereocenters. The highest BCUT2D eigenvalue weighted by Crippen LogP contribution is 2.30. The number of hydrogen-bond acceptors (Lipinski definition) is 2. The monoisotopic (exact) mass is 307 g/mol. The van der Waals surface area contributed by atoms with Gasteiger partial charge in [0.25, 0.3) is 5.91 Å². The third-order valence-corrected chi connectivity index (χ3v) is 4.32. The van der Waals surface area contributed by atoms with Gasteiger partial charge in [-0.15, -0.1) is 0 Å². The Morgan fingerprint density at radius 1 is 0.957 bits per heavy atom. The van der Waals surface area contributed by atoms with Crippen LogP contribution in [0.4, 0.5) is 0 Å². The summed E-state index contributed by atoms with van der Waals surface area (Å²) in [7, 11) is 0. The minimum absolute atomic E-state index is 0.0754. The van der Waals surface area contributed by atoms with E-state index in [0.717, 1.165) is 19.3 Å². The third-order valence-electron chi connectivity index (χ3n) is 4.32. The van der Waals surface area contributed by atoms with Crippen molar-refractivity contribution in [1.29, 1.82) is 0 Å². The number of amides is 1. The molecule has 0 fully saturated rings. The first-order chi connectivity index (χ1) is 11.2. The summed E-state index contributed by atoms with van der Waals surface area (Å²) in [5.41, 5.74) is -0.519. The van der Waals surface area contributed by atoms with Gasteiger partial charge >= 0.3 is 0 Å². The SMILES string of the molecule is O=C(NC1CC=CCC1)C(O)(c1ccccc1)c1ccccc1. The van der Waals surface area contributed by atoms with Gasteiger partial charge in [0, 0.05) is 6.04 Å². The van der Waals surface area contributed by atoms with Crippen molar-refractivity contribution in [2.24, 2.45) is 0 Å². The minimum atomic E-state index is -1.68. The highest BCUT2D eigenvalue weighted by Gasteiger charge is 2.40. The molecule has 23 heavy (non-hydrogen) atoms. The van der Waals surface area contributed by atoms with Gasteiger partial charge in [-0.1, -0.05) is 72.8 Å². The Kier molecular flexibility index (Phi) is 4.58. The summed E-state index contributed by atoms with van der Waals surface area (Å²) in [5, 5.41) is 14.3. The van der Waals surface area contributed by atoms with Crippen molar-refractivity contribution in [3.8, 4) is 0 Å². The molecule has 0 aromatic heterocycles. The molecule has 0 saturated heterocycles. The average molecular weight is 307 g/mol. The van der Waals surface area contributed by atoms with Gasteiger partial charge in [-0.3, -0.25) is 4.79 Å². The summed E-state index contributed by atoms with van der Waals surface area (Å²) < 4.78 is 0. The molecule has 0 radical (unpaired) electrons. The van der Waals surface area contributed by atoms with Gasteiger partial charge in [-0.05, 0) is 30.4 Å². The van der Waals surface area contributed by atoms with Crippen LogP contribution in [0.25, 0.3) is 0 Å². The Hall–Kier alpha value is -2.39. The maximum absolute atomic E-state index is 12.9. The van der Waals surface area contributed by atoms with Crippen molar-refractivity contribution >= 4 is 5.91 Å². The molecule has 1 unspecified atom stereocenters. The summed E-state index contributed by atoms with van der Waals surface area (Å²) in [6.45, 7) is 0. The van der Waals surface area contributed by atoms with E-state index < -0.39 is 5.60 Å². The number of carbonyl (C=O) groups is 1. The van der Waals surface area contributed by atoms with Crippen LogP contribution in [0.2, 0.25) is 0 Å². The molecule has 1 aliphatic carbocycles. The molecule has 3 rings (SSSR count). The molecule has 0 aliphatic heterocycles. The van der Waals surface area contributed by atoms with Crippen LogP contribution in [0.15, 0.2) is 72.8 Å². The Morgan fingerprint density at radius 2 is 1.52 bits per heavy atom. The van der Waals surface area contributed by atoms with E-state index >= 15 is 0 Å². The summed E-state index contributed by atoms with van der Waals surface area (Å²) in [6.07, 6.45) is 6.88. The van der Waals surface area contributed by atoms with Crippen LogP contribution in [-0.4, -0.2) is 17.1 Å². The fraction of sp³-hybridized carbons (Fsp3) is 0.250. The normalized spacial score (nSPS) is 17.7. The van der Waals surface area contributed by atoms with Gasteiger partial charge in [-0.25, -0.2) is 0 Å². The Morgan fingerprint density at radius 3 is 2.00 bits per heavy atom. The summed E-state index contributed by atoms with van der Waals surface area (Å²) in [4.78, 5) is 12.9. The number of aliphatic hydroxyl groups is 1. The molecule has 0 bridgehead atoms. The standard InChI is InChI=1S/C20H21NO2/c22-19(21-18-14-8-3-9-15-18)20(23,16-10-4-1-5-11-16)17-12-6-2-7-13-17/h1-8,10-13,18,23H,9,14-15H2,(H,21,22). The lowest BCUT2D eigenvalue weighted by Gasteiger charge is -2.31. The maximum Gasteiger partial charge on any atom is 0.261 e. The molecule has 2 aromatic carbocycles. The average Bonchev–Trinajstić information content (AvgIpc) is 2.63. The number of carbonyl (C=O) groups excluding carboxylic acids is 1. The van der Waals surface area contributed by atoms with E-state index in [2.05, 4.69) is 17.5 Å². The zero-order chi connectivity index (χ0) is 16.1. The fourth-order valence-electron chi connectivity index (χ4n) is 3.00. The predicted octanol–water partition coefficient (Wildman–Crippen LogP) is 3.15. The van der Waals surface area contributed by atoms with E-state index in [1.165, 1.54) is 0 Å². The van der Waals surface area contributed by atoms with E-state index in [1.54, 1.807) is 24.3 Å². The van der Waals surface area contributed by atoms with Crippen LogP contribution in [-0.2, 0) is 10.4 Å². The van der Waals surface area contributed by atoms with E-state index in [1.807, 2.05) is 36.4 Å². The number of allylic oxidation sites excluding steroid dienone is 1. The molecule has 2 aromatic rings. The Labute approximate surface area is 136 Å². The van der Waals surface area contributed by atoms with Crippen molar-refractivity contribution in [3.05, 3.63) is 83.9 Å². The number of benzene rings is 2. The second-order valence-corrected chi connectivity index (χ2v) is 5.90. The Balaban J connectivity index is 1.95. The Bertz CT molecular complexity index is 640. The number of hydrogen-bond donors (Lipinski definition) is 2. The van der Waals surface area contributed by atoms with Crippen molar-refractivity contribution in [1.82, 2.24) is 5.32 Å². The second-order valence-electron chi connectivity index (χ2n) is 5.90. The van der Waals surface area contributed by atoms with Crippen LogP contribution in [0.3, 0.4) is 0 Å². The molecular formula is C20H21NO2. The lowest BCUT2D eigenvalue weighted by atomic mass is 9.85. The molecule has 0 saturated carbocycles. The van der Waals surface area contributed by atoms with Crippen molar-refractivity contribution in [2.75, 3.05) is 0 Å². The predicted molar refractivity (Wildman–Crippen MR) is 90.8 cm³/mol. The summed E-state index contributed by atoms with van der Waals surface area (Å²) in [5.74, 6) is -0.366. The molecule has 118 valence electrons. The highest BCUT2D eigenvalue weighted by atomic mass is 16.3. The first-order valence-electron chi connectivity index (χ1n) is 8.00. The van der Waals surface area contributed by atoms with E-state index in [0.29, 0.717) is 11.1 Å². The highest BCUT2D eigenvalue weighted by molar-refractivity contribution is 5.90. The van der Waals surface area contributed by atoms with Crippen LogP contribution >= 0.6 is 0 Å². The smallest absolute Gasteiger partial charge is 0.261 e.